The van der Waals surface area contributed by atoms with E-state index in [0.29, 0.717) is 5.69 Å². The number of hydrogen-bond acceptors (Lipinski definition) is 4. The van der Waals surface area contributed by atoms with E-state index in [9.17, 15) is 14.5 Å². The van der Waals surface area contributed by atoms with Gasteiger partial charge in [-0.25, -0.2) is 4.99 Å². The number of nitro groups is 1. The van der Waals surface area contributed by atoms with Crippen molar-refractivity contribution in [1.82, 2.24) is 4.90 Å². The Labute approximate surface area is 115 Å². The summed E-state index contributed by atoms with van der Waals surface area (Å²) in [5, 5.41) is 13.5. The number of nitrogens with zero attached hydrogens (tertiary/aromatic N) is 3. The zero-order valence-corrected chi connectivity index (χ0v) is 11.5. The van der Waals surface area contributed by atoms with Gasteiger partial charge in [0.05, 0.1) is 16.8 Å². The van der Waals surface area contributed by atoms with E-state index in [1.165, 1.54) is 12.4 Å². The van der Waals surface area contributed by atoms with Crippen molar-refractivity contribution < 1.29 is 9.31 Å². The summed E-state index contributed by atoms with van der Waals surface area (Å²) >= 11 is 5.00. The minimum atomic E-state index is -0.988. The standard InChI is InChI=1S/C11H13FN4O2S/c1-13-7-4-5-8(16(17)18)10(12)9(7)11(19)14-6-15(2)3/h4-6,13H,1-3H3. The first-order valence-corrected chi connectivity index (χ1v) is 5.69. The van der Waals surface area contributed by atoms with Crippen LogP contribution in [0.4, 0.5) is 15.8 Å². The third kappa shape index (κ3) is 3.44. The van der Waals surface area contributed by atoms with Crippen molar-refractivity contribution in [3.05, 3.63) is 33.6 Å². The van der Waals surface area contributed by atoms with Crippen molar-refractivity contribution in [3.8, 4) is 0 Å². The van der Waals surface area contributed by atoms with Crippen molar-refractivity contribution in [3.63, 3.8) is 0 Å². The first kappa shape index (κ1) is 15.0. The Bertz CT molecular complexity index is 546. The van der Waals surface area contributed by atoms with Gasteiger partial charge >= 0.3 is 5.69 Å². The number of benzene rings is 1. The van der Waals surface area contributed by atoms with Crippen molar-refractivity contribution in [2.75, 3.05) is 26.5 Å². The first-order valence-electron chi connectivity index (χ1n) is 5.28. The van der Waals surface area contributed by atoms with Gasteiger partial charge in [0.2, 0.25) is 5.82 Å². The van der Waals surface area contributed by atoms with Crippen LogP contribution in [-0.2, 0) is 0 Å². The largest absolute Gasteiger partial charge is 0.387 e. The average Bonchev–Trinajstić information content (AvgIpc) is 2.34. The Balaban J connectivity index is 3.34. The molecule has 102 valence electrons. The summed E-state index contributed by atoms with van der Waals surface area (Å²) in [6, 6.07) is 2.48. The molecule has 1 aromatic rings. The fourth-order valence-electron chi connectivity index (χ4n) is 1.36. The lowest BCUT2D eigenvalue weighted by atomic mass is 10.1. The predicted molar refractivity (Wildman–Crippen MR) is 76.5 cm³/mol. The lowest BCUT2D eigenvalue weighted by molar-refractivity contribution is -0.387. The van der Waals surface area contributed by atoms with E-state index in [2.05, 4.69) is 10.3 Å². The molecule has 0 aromatic heterocycles. The number of anilines is 1. The number of aliphatic imine (C=N–C) groups is 1. The zero-order chi connectivity index (χ0) is 14.6. The molecule has 0 aliphatic carbocycles. The molecule has 19 heavy (non-hydrogen) atoms. The van der Waals surface area contributed by atoms with Crippen molar-refractivity contribution in [2.45, 2.75) is 0 Å². The molecule has 0 atom stereocenters. The van der Waals surface area contributed by atoms with E-state index in [-0.39, 0.29) is 10.6 Å². The van der Waals surface area contributed by atoms with Crippen LogP contribution >= 0.6 is 12.2 Å². The van der Waals surface area contributed by atoms with Crippen molar-refractivity contribution in [1.29, 1.82) is 0 Å². The van der Waals surface area contributed by atoms with Gasteiger partial charge in [0.25, 0.3) is 0 Å². The van der Waals surface area contributed by atoms with Gasteiger partial charge in [0.15, 0.2) is 0 Å². The molecule has 0 aliphatic heterocycles. The van der Waals surface area contributed by atoms with Crippen molar-refractivity contribution >= 4 is 34.9 Å². The molecular formula is C11H13FN4O2S. The number of nitrogens with one attached hydrogen (secondary N) is 1. The van der Waals surface area contributed by atoms with Crippen LogP contribution in [0.5, 0.6) is 0 Å². The fraction of sp³-hybridized carbons (Fsp3) is 0.273. The van der Waals surface area contributed by atoms with Gasteiger partial charge in [-0.1, -0.05) is 12.2 Å². The molecule has 6 nitrogen and oxygen atoms in total. The molecule has 0 radical (unpaired) electrons. The molecule has 0 aliphatic rings. The highest BCUT2D eigenvalue weighted by atomic mass is 32.1. The molecule has 0 spiro atoms. The fourth-order valence-corrected chi connectivity index (χ4v) is 1.60. The molecule has 0 amide bonds. The summed E-state index contributed by atoms with van der Waals surface area (Å²) in [5.41, 5.74) is -0.356. The van der Waals surface area contributed by atoms with E-state index in [1.807, 2.05) is 0 Å². The van der Waals surface area contributed by atoms with Crippen LogP contribution in [-0.4, -0.2) is 42.3 Å². The minimum absolute atomic E-state index is 0.0562. The molecule has 0 heterocycles. The van der Waals surface area contributed by atoms with Crippen LogP contribution in [0.25, 0.3) is 0 Å². The van der Waals surface area contributed by atoms with Crippen LogP contribution in [0, 0.1) is 15.9 Å². The van der Waals surface area contributed by atoms with Crippen LogP contribution in [0.1, 0.15) is 5.56 Å². The Morgan fingerprint density at radius 2 is 2.21 bits per heavy atom. The first-order chi connectivity index (χ1) is 8.88. The smallest absolute Gasteiger partial charge is 0.305 e. The van der Waals surface area contributed by atoms with Crippen LogP contribution in [0.3, 0.4) is 0 Å². The minimum Gasteiger partial charge on any atom is -0.387 e. The lowest BCUT2D eigenvalue weighted by Gasteiger charge is -2.09. The molecule has 1 N–H and O–H groups in total. The van der Waals surface area contributed by atoms with Gasteiger partial charge in [-0.2, -0.15) is 4.39 Å². The second kappa shape index (κ2) is 6.19. The lowest BCUT2D eigenvalue weighted by Crippen LogP contribution is -2.11. The normalized spacial score (nSPS) is 10.5. The van der Waals surface area contributed by atoms with Gasteiger partial charge in [-0.05, 0) is 6.07 Å². The van der Waals surface area contributed by atoms with Gasteiger partial charge in [0, 0.05) is 32.9 Å². The monoisotopic (exact) mass is 284 g/mol. The zero-order valence-electron chi connectivity index (χ0n) is 10.7. The molecule has 1 rings (SSSR count). The van der Waals surface area contributed by atoms with Gasteiger partial charge in [-0.15, -0.1) is 0 Å². The average molecular weight is 284 g/mol. The second-order valence-corrected chi connectivity index (χ2v) is 4.23. The number of thiocarbonyl (C=S) groups is 1. The topological polar surface area (TPSA) is 70.8 Å². The molecule has 0 fully saturated rings. The molecule has 1 aromatic carbocycles. The third-order valence-electron chi connectivity index (χ3n) is 2.21. The maximum Gasteiger partial charge on any atom is 0.305 e. The maximum absolute atomic E-state index is 14.1. The molecule has 0 saturated carbocycles. The summed E-state index contributed by atoms with van der Waals surface area (Å²) in [6.45, 7) is 0. The van der Waals surface area contributed by atoms with Gasteiger partial charge < -0.3 is 10.2 Å². The molecule has 8 heteroatoms. The van der Waals surface area contributed by atoms with E-state index in [0.717, 1.165) is 6.07 Å². The second-order valence-electron chi connectivity index (χ2n) is 3.84. The number of hydrogen-bond donors (Lipinski definition) is 1. The summed E-state index contributed by atoms with van der Waals surface area (Å²) in [7, 11) is 5.03. The van der Waals surface area contributed by atoms with Gasteiger partial charge in [-0.3, -0.25) is 10.1 Å². The summed E-state index contributed by atoms with van der Waals surface area (Å²) in [4.78, 5) is 15.4. The van der Waals surface area contributed by atoms with Crippen LogP contribution in [0.15, 0.2) is 17.1 Å². The van der Waals surface area contributed by atoms with Gasteiger partial charge in [0.1, 0.15) is 4.99 Å². The van der Waals surface area contributed by atoms with Crippen LogP contribution < -0.4 is 5.32 Å². The summed E-state index contributed by atoms with van der Waals surface area (Å²) in [5.74, 6) is -0.988. The Kier molecular flexibility index (Phi) is 4.87. The Morgan fingerprint density at radius 3 is 2.68 bits per heavy atom. The van der Waals surface area contributed by atoms with E-state index in [4.69, 9.17) is 12.2 Å². The quantitative estimate of drug-likeness (QED) is 0.301. The molecular weight excluding hydrogens is 271 g/mol. The summed E-state index contributed by atoms with van der Waals surface area (Å²) < 4.78 is 14.1. The Morgan fingerprint density at radius 1 is 1.58 bits per heavy atom. The molecule has 0 saturated heterocycles. The summed E-state index contributed by atoms with van der Waals surface area (Å²) in [6.07, 6.45) is 1.40. The third-order valence-corrected chi connectivity index (χ3v) is 2.52. The number of halogens is 1. The van der Waals surface area contributed by atoms with Crippen molar-refractivity contribution in [2.24, 2.45) is 4.99 Å². The highest BCUT2D eigenvalue weighted by Gasteiger charge is 2.23. The highest BCUT2D eigenvalue weighted by Crippen LogP contribution is 2.28. The van der Waals surface area contributed by atoms with E-state index >= 15 is 0 Å². The van der Waals surface area contributed by atoms with E-state index in [1.54, 1.807) is 26.0 Å². The Hall–Kier alpha value is -2.09. The van der Waals surface area contributed by atoms with Crippen LogP contribution in [0.2, 0.25) is 0 Å². The predicted octanol–water partition coefficient (Wildman–Crippen LogP) is 2.04. The van der Waals surface area contributed by atoms with E-state index < -0.39 is 16.4 Å². The maximum atomic E-state index is 14.1. The highest BCUT2D eigenvalue weighted by molar-refractivity contribution is 7.80. The molecule has 0 unspecified atom stereocenters. The molecule has 0 bridgehead atoms. The number of rotatable bonds is 4. The number of nitro benzene ring substituents is 1. The SMILES string of the molecule is CNc1ccc([N+](=O)[O-])c(F)c1C(=S)N=CN(C)C.